The van der Waals surface area contributed by atoms with Gasteiger partial charge in [-0.2, -0.15) is 16.8 Å². The zero-order valence-electron chi connectivity index (χ0n) is 26.9. The summed E-state index contributed by atoms with van der Waals surface area (Å²) in [4.78, 5) is 0. The molecule has 0 saturated carbocycles. The number of sulfonamides is 2. The Morgan fingerprint density at radius 3 is 1.60 bits per heavy atom. The lowest BCUT2D eigenvalue weighted by Crippen LogP contribution is -2.38. The maximum absolute atomic E-state index is 12.6. The van der Waals surface area contributed by atoms with E-state index in [1.165, 1.54) is 24.3 Å². The van der Waals surface area contributed by atoms with Crippen LogP contribution in [-0.2, 0) is 53.3 Å². The van der Waals surface area contributed by atoms with Crippen molar-refractivity contribution in [2.75, 3.05) is 40.3 Å². The molecule has 4 rings (SSSR count). The van der Waals surface area contributed by atoms with Crippen LogP contribution in [0.15, 0.2) is 60.6 Å². The highest BCUT2D eigenvalue weighted by Gasteiger charge is 2.31. The minimum absolute atomic E-state index is 0.0310. The van der Waals surface area contributed by atoms with Crippen LogP contribution in [0.25, 0.3) is 0 Å². The molecule has 2 aromatic carbocycles. The van der Waals surface area contributed by atoms with E-state index in [2.05, 4.69) is 4.72 Å². The molecule has 0 saturated heterocycles. The molecular formula is C28H40N6O12S4. The number of hydrogen-bond acceptors (Lipinski definition) is 12. The molecule has 0 bridgehead atoms. The first-order valence-electron chi connectivity index (χ1n) is 15.3. The molecule has 7 N–H and O–H groups in total. The van der Waals surface area contributed by atoms with Crippen molar-refractivity contribution in [1.29, 1.82) is 0 Å². The minimum Gasteiger partial charge on any atom is -0.506 e. The Morgan fingerprint density at radius 2 is 1.18 bits per heavy atom. The number of aliphatic hydroxyl groups is 2. The van der Waals surface area contributed by atoms with Crippen molar-refractivity contribution in [3.05, 3.63) is 71.7 Å². The summed E-state index contributed by atoms with van der Waals surface area (Å²) in [7, 11) is -15.6. The van der Waals surface area contributed by atoms with Gasteiger partial charge in [0.25, 0.3) is 0 Å². The van der Waals surface area contributed by atoms with Gasteiger partial charge in [0.2, 0.25) is 31.8 Å². The Morgan fingerprint density at radius 1 is 0.700 bits per heavy atom. The van der Waals surface area contributed by atoms with Gasteiger partial charge in [-0.15, -0.1) is 0 Å². The summed E-state index contributed by atoms with van der Waals surface area (Å²) < 4.78 is 107. The molecule has 0 unspecified atom stereocenters. The third-order valence-corrected chi connectivity index (χ3v) is 12.9. The van der Waals surface area contributed by atoms with Gasteiger partial charge in [-0.3, -0.25) is 0 Å². The average Bonchev–Trinajstić information content (AvgIpc) is 3.43. The summed E-state index contributed by atoms with van der Waals surface area (Å²) in [5, 5.41) is 39.6. The molecule has 278 valence electrons. The molecule has 0 aromatic heterocycles. The number of aliphatic hydroxyl groups excluding tert-OH is 2. The number of nitrogens with one attached hydrogen (secondary N) is 3. The van der Waals surface area contributed by atoms with Gasteiger partial charge in [-0.1, -0.05) is 18.6 Å². The summed E-state index contributed by atoms with van der Waals surface area (Å²) in [6.45, 7) is -0.0308. The Hall–Kier alpha value is -3.96. The number of benzene rings is 2. The zero-order chi connectivity index (χ0) is 36.9. The average molecular weight is 781 g/mol. The number of nitrogens with zero attached hydrogens (tertiary/aromatic N) is 3. The second kappa shape index (κ2) is 15.5. The Balaban J connectivity index is 1.16. The smallest absolute Gasteiger partial charge is 0.330 e. The predicted molar refractivity (Wildman–Crippen MR) is 185 cm³/mol. The van der Waals surface area contributed by atoms with E-state index in [0.29, 0.717) is 54.8 Å². The van der Waals surface area contributed by atoms with E-state index >= 15 is 0 Å². The summed E-state index contributed by atoms with van der Waals surface area (Å²) in [6, 6.07) is 8.81. The molecule has 22 heteroatoms. The van der Waals surface area contributed by atoms with E-state index in [9.17, 15) is 54.1 Å². The summed E-state index contributed by atoms with van der Waals surface area (Å²) in [5.41, 5.74) is 1.29. The van der Waals surface area contributed by atoms with Crippen LogP contribution < -0.4 is 22.8 Å². The van der Waals surface area contributed by atoms with Crippen LogP contribution in [0.1, 0.15) is 43.2 Å². The predicted octanol–water partition coefficient (Wildman–Crippen LogP) is 1.04. The van der Waals surface area contributed by atoms with Gasteiger partial charge in [0, 0.05) is 19.6 Å². The Kier molecular flexibility index (Phi) is 12.0. The van der Waals surface area contributed by atoms with Crippen LogP contribution in [0.3, 0.4) is 0 Å². The van der Waals surface area contributed by atoms with Gasteiger partial charge in [0.1, 0.15) is 22.9 Å². The zero-order valence-corrected chi connectivity index (χ0v) is 30.2. The quantitative estimate of drug-likeness (QED) is 0.105. The third-order valence-electron chi connectivity index (χ3n) is 7.68. The number of phenols is 2. The number of unbranched alkanes of at least 4 members (excludes halogenated alkanes) is 3. The Labute approximate surface area is 291 Å². The van der Waals surface area contributed by atoms with E-state index < -0.39 is 58.0 Å². The molecule has 0 radical (unpaired) electrons. The third kappa shape index (κ3) is 10.3. The second-order valence-electron chi connectivity index (χ2n) is 11.6. The van der Waals surface area contributed by atoms with Crippen molar-refractivity contribution in [2.24, 2.45) is 0 Å². The molecule has 50 heavy (non-hydrogen) atoms. The van der Waals surface area contributed by atoms with Crippen molar-refractivity contribution < 1.29 is 54.1 Å². The highest BCUT2D eigenvalue weighted by molar-refractivity contribution is 7.91. The lowest BCUT2D eigenvalue weighted by molar-refractivity contribution is 0.391. The monoisotopic (exact) mass is 780 g/mol. The van der Waals surface area contributed by atoms with E-state index in [1.807, 2.05) is 9.44 Å². The molecule has 0 aliphatic carbocycles. The lowest BCUT2D eigenvalue weighted by atomic mass is 10.1. The standard InChI is InChI=1S/C28H40N6O12S4/c1-47(39,40)32(14-6-4-8-22-10-12-24(26(36)18-22)34-20-28(38)31-50(34,45)46)15-16-48(41,42)29-13-5-2-3-7-21-9-11-23(25(35)17-21)33-19-27(37)30-49(33,43)44/h9-12,17-20,29-31,35-38H,2-8,13-16H2,1H3. The maximum atomic E-state index is 12.6. The van der Waals surface area contributed by atoms with Crippen LogP contribution in [-0.4, -0.2) is 90.0 Å². The van der Waals surface area contributed by atoms with Crippen molar-refractivity contribution in [1.82, 2.24) is 18.5 Å². The topological polar surface area (TPSA) is 263 Å². The van der Waals surface area contributed by atoms with E-state index in [1.54, 1.807) is 12.1 Å². The molecule has 2 aromatic rings. The fraction of sp³-hybridized carbons (Fsp3) is 0.429. The van der Waals surface area contributed by atoms with Crippen LogP contribution in [0, 0.1) is 0 Å². The molecule has 2 aliphatic heterocycles. The molecule has 0 spiro atoms. The number of aryl methyl sites for hydroxylation is 2. The number of anilines is 2. The van der Waals surface area contributed by atoms with Crippen molar-refractivity contribution in [3.8, 4) is 11.5 Å². The maximum Gasteiger partial charge on any atom is 0.330 e. The van der Waals surface area contributed by atoms with Gasteiger partial charge in [-0.05, 0) is 73.9 Å². The SMILES string of the molecule is CS(=O)(=O)N(CCCCc1ccc(N2C=C(O)NS2(=O)=O)c(O)c1)CCS(=O)(=O)NCCCCCc1ccc(N2C=C(O)NS2(=O)=O)c(O)c1. The number of aromatic hydroxyl groups is 2. The first-order chi connectivity index (χ1) is 23.3. The van der Waals surface area contributed by atoms with Gasteiger partial charge in [0.05, 0.1) is 24.4 Å². The lowest BCUT2D eigenvalue weighted by Gasteiger charge is -2.20. The number of rotatable bonds is 18. The molecule has 2 heterocycles. The van der Waals surface area contributed by atoms with Crippen molar-refractivity contribution in [2.45, 2.75) is 44.9 Å². The van der Waals surface area contributed by atoms with E-state index in [4.69, 9.17) is 0 Å². The minimum atomic E-state index is -4.07. The van der Waals surface area contributed by atoms with Gasteiger partial charge in [0.15, 0.2) is 0 Å². The fourth-order valence-corrected chi connectivity index (χ4v) is 9.40. The van der Waals surface area contributed by atoms with Crippen molar-refractivity contribution >= 4 is 51.8 Å². The van der Waals surface area contributed by atoms with E-state index in [-0.39, 0.29) is 42.5 Å². The van der Waals surface area contributed by atoms with Crippen molar-refractivity contribution in [3.63, 3.8) is 0 Å². The highest BCUT2D eigenvalue weighted by Crippen LogP contribution is 2.34. The highest BCUT2D eigenvalue weighted by atomic mass is 32.2. The van der Waals surface area contributed by atoms with Gasteiger partial charge < -0.3 is 20.4 Å². The first kappa shape index (κ1) is 38.8. The largest absolute Gasteiger partial charge is 0.506 e. The molecular weight excluding hydrogens is 741 g/mol. The number of phenolic OH excluding ortho intramolecular Hbond substituents is 2. The molecule has 0 atom stereocenters. The first-order valence-corrected chi connectivity index (χ1v) is 21.7. The molecule has 0 amide bonds. The van der Waals surface area contributed by atoms with Crippen LogP contribution in [0.4, 0.5) is 11.4 Å². The van der Waals surface area contributed by atoms with E-state index in [0.717, 1.165) is 32.8 Å². The summed E-state index contributed by atoms with van der Waals surface area (Å²) in [5.74, 6) is -2.23. The van der Waals surface area contributed by atoms with Crippen LogP contribution in [0.2, 0.25) is 0 Å². The summed E-state index contributed by atoms with van der Waals surface area (Å²) in [6.07, 6.45) is 6.47. The van der Waals surface area contributed by atoms with Gasteiger partial charge in [-0.25, -0.2) is 43.9 Å². The molecule has 18 nitrogen and oxygen atoms in total. The fourth-order valence-electron chi connectivity index (χ4n) is 5.21. The summed E-state index contributed by atoms with van der Waals surface area (Å²) >= 11 is 0. The van der Waals surface area contributed by atoms with Crippen LogP contribution in [0.5, 0.6) is 11.5 Å². The Bertz CT molecular complexity index is 2070. The van der Waals surface area contributed by atoms with Gasteiger partial charge >= 0.3 is 20.4 Å². The molecule has 2 aliphatic rings. The number of hydrogen-bond donors (Lipinski definition) is 7. The normalized spacial score (nSPS) is 17.0. The molecule has 0 fully saturated rings. The second-order valence-corrected chi connectivity index (χ2v) is 18.6. The van der Waals surface area contributed by atoms with Crippen LogP contribution >= 0.6 is 0 Å².